The van der Waals surface area contributed by atoms with Crippen molar-refractivity contribution in [2.75, 3.05) is 0 Å². The molecule has 29 heavy (non-hydrogen) atoms. The van der Waals surface area contributed by atoms with Gasteiger partial charge in [0, 0.05) is 23.0 Å². The van der Waals surface area contributed by atoms with E-state index in [0.717, 1.165) is 23.8 Å². The summed E-state index contributed by atoms with van der Waals surface area (Å²) in [5.41, 5.74) is 1.36. The van der Waals surface area contributed by atoms with E-state index in [-0.39, 0.29) is 36.2 Å². The molecule has 3 atom stereocenters. The van der Waals surface area contributed by atoms with Crippen molar-refractivity contribution in [1.82, 2.24) is 14.7 Å². The van der Waals surface area contributed by atoms with Crippen molar-refractivity contribution in [2.45, 2.75) is 50.4 Å². The molecule has 0 radical (unpaired) electrons. The summed E-state index contributed by atoms with van der Waals surface area (Å²) in [4.78, 5) is 28.1. The van der Waals surface area contributed by atoms with Gasteiger partial charge in [0.25, 0.3) is 5.56 Å². The SMILES string of the molecule is O=C(Cn1nc(-c2ccccc2)c2ccccc2c1=O)N1[C@@H]2CC[C@H]1CC(O)C2. The van der Waals surface area contributed by atoms with E-state index < -0.39 is 0 Å². The van der Waals surface area contributed by atoms with Gasteiger partial charge in [-0.25, -0.2) is 4.68 Å². The van der Waals surface area contributed by atoms with E-state index >= 15 is 0 Å². The monoisotopic (exact) mass is 389 g/mol. The molecule has 0 aliphatic carbocycles. The minimum atomic E-state index is -0.331. The third-order valence-corrected chi connectivity index (χ3v) is 6.20. The molecule has 0 spiro atoms. The van der Waals surface area contributed by atoms with Crippen molar-refractivity contribution in [1.29, 1.82) is 0 Å². The van der Waals surface area contributed by atoms with Crippen LogP contribution in [0.5, 0.6) is 0 Å². The van der Waals surface area contributed by atoms with Gasteiger partial charge in [0.2, 0.25) is 5.91 Å². The molecule has 2 saturated heterocycles. The molecule has 2 bridgehead atoms. The minimum Gasteiger partial charge on any atom is -0.393 e. The standard InChI is InChI=1S/C23H23N3O3/c27-18-12-16-10-11-17(13-18)26(16)21(28)14-25-23(29)20-9-5-4-8-19(20)22(24-25)15-6-2-1-3-7-15/h1-9,16-18,27H,10-14H2/t16-,17+,18?. The number of aliphatic hydroxyl groups is 1. The Morgan fingerprint density at radius 1 is 0.966 bits per heavy atom. The quantitative estimate of drug-likeness (QED) is 0.747. The van der Waals surface area contributed by atoms with Gasteiger partial charge in [0.05, 0.1) is 17.2 Å². The molecule has 1 N–H and O–H groups in total. The summed E-state index contributed by atoms with van der Waals surface area (Å²) in [5.74, 6) is -0.0895. The third-order valence-electron chi connectivity index (χ3n) is 6.20. The van der Waals surface area contributed by atoms with E-state index in [2.05, 4.69) is 5.10 Å². The molecule has 1 unspecified atom stereocenters. The fourth-order valence-corrected chi connectivity index (χ4v) is 4.92. The Balaban J connectivity index is 1.55. The fourth-order valence-electron chi connectivity index (χ4n) is 4.92. The summed E-state index contributed by atoms with van der Waals surface area (Å²) in [6, 6.07) is 17.3. The topological polar surface area (TPSA) is 75.4 Å². The molecule has 5 rings (SSSR count). The number of nitrogens with zero attached hydrogens (tertiary/aromatic N) is 3. The van der Waals surface area contributed by atoms with Gasteiger partial charge in [-0.15, -0.1) is 0 Å². The highest BCUT2D eigenvalue weighted by molar-refractivity contribution is 5.93. The second-order valence-corrected chi connectivity index (χ2v) is 8.03. The average molecular weight is 389 g/mol. The summed E-state index contributed by atoms with van der Waals surface area (Å²) >= 11 is 0. The maximum absolute atomic E-state index is 13.1. The van der Waals surface area contributed by atoms with Crippen LogP contribution in [-0.4, -0.2) is 43.9 Å². The second-order valence-electron chi connectivity index (χ2n) is 8.03. The summed E-state index contributed by atoms with van der Waals surface area (Å²) < 4.78 is 1.30. The molecule has 3 aromatic rings. The number of carbonyl (C=O) groups excluding carboxylic acids is 1. The Bertz CT molecular complexity index is 1110. The van der Waals surface area contributed by atoms with Gasteiger partial charge in [-0.2, -0.15) is 5.10 Å². The first-order valence-corrected chi connectivity index (χ1v) is 10.2. The van der Waals surface area contributed by atoms with Crippen LogP contribution in [0.25, 0.3) is 22.0 Å². The number of hydrogen-bond acceptors (Lipinski definition) is 4. The van der Waals surface area contributed by atoms with Crippen LogP contribution in [-0.2, 0) is 11.3 Å². The zero-order chi connectivity index (χ0) is 20.0. The summed E-state index contributed by atoms with van der Waals surface area (Å²) in [5, 5.41) is 15.9. The molecule has 148 valence electrons. The minimum absolute atomic E-state index is 0.0704. The number of amides is 1. The number of aliphatic hydroxyl groups excluding tert-OH is 1. The lowest BCUT2D eigenvalue weighted by atomic mass is 10.00. The summed E-state index contributed by atoms with van der Waals surface area (Å²) in [6.45, 7) is -0.0768. The molecule has 6 nitrogen and oxygen atoms in total. The van der Waals surface area contributed by atoms with Crippen molar-refractivity contribution in [3.05, 3.63) is 65.0 Å². The molecular formula is C23H23N3O3. The molecule has 3 heterocycles. The number of fused-ring (bicyclic) bond motifs is 3. The average Bonchev–Trinajstić information content (AvgIpc) is 3.02. The zero-order valence-corrected chi connectivity index (χ0v) is 16.1. The molecule has 2 fully saturated rings. The van der Waals surface area contributed by atoms with Gasteiger partial charge < -0.3 is 10.0 Å². The second kappa shape index (κ2) is 7.12. The van der Waals surface area contributed by atoms with Gasteiger partial charge in [-0.3, -0.25) is 9.59 Å². The lowest BCUT2D eigenvalue weighted by Crippen LogP contribution is -2.49. The van der Waals surface area contributed by atoms with E-state index in [4.69, 9.17) is 0 Å². The summed E-state index contributed by atoms with van der Waals surface area (Å²) in [6.07, 6.45) is 2.75. The number of aromatic nitrogens is 2. The van der Waals surface area contributed by atoms with Gasteiger partial charge in [-0.05, 0) is 31.7 Å². The number of benzene rings is 2. The highest BCUT2D eigenvalue weighted by Crippen LogP contribution is 2.36. The molecule has 2 aliphatic rings. The first-order valence-electron chi connectivity index (χ1n) is 10.2. The van der Waals surface area contributed by atoms with E-state index in [0.29, 0.717) is 23.9 Å². The Hall–Kier alpha value is -2.99. The first kappa shape index (κ1) is 18.1. The van der Waals surface area contributed by atoms with Crippen LogP contribution in [0.15, 0.2) is 59.4 Å². The maximum atomic E-state index is 13.1. The van der Waals surface area contributed by atoms with Crippen molar-refractivity contribution < 1.29 is 9.90 Å². The number of rotatable bonds is 3. The Morgan fingerprint density at radius 3 is 2.28 bits per heavy atom. The van der Waals surface area contributed by atoms with Crippen LogP contribution in [0.2, 0.25) is 0 Å². The number of carbonyl (C=O) groups is 1. The van der Waals surface area contributed by atoms with Gasteiger partial charge in [-0.1, -0.05) is 48.5 Å². The van der Waals surface area contributed by atoms with Gasteiger partial charge >= 0.3 is 0 Å². The molecular weight excluding hydrogens is 366 g/mol. The molecule has 1 amide bonds. The molecule has 6 heteroatoms. The predicted molar refractivity (Wildman–Crippen MR) is 110 cm³/mol. The van der Waals surface area contributed by atoms with E-state index in [1.807, 2.05) is 53.4 Å². The predicted octanol–water partition coefficient (Wildman–Crippen LogP) is 2.58. The van der Waals surface area contributed by atoms with Crippen LogP contribution >= 0.6 is 0 Å². The van der Waals surface area contributed by atoms with Crippen molar-refractivity contribution in [3.63, 3.8) is 0 Å². The number of piperidine rings is 1. The Labute approximate surface area is 168 Å². The maximum Gasteiger partial charge on any atom is 0.275 e. The van der Waals surface area contributed by atoms with Crippen molar-refractivity contribution >= 4 is 16.7 Å². The van der Waals surface area contributed by atoms with Gasteiger partial charge in [0.15, 0.2) is 0 Å². The van der Waals surface area contributed by atoms with Crippen LogP contribution in [0.1, 0.15) is 25.7 Å². The number of hydrogen-bond donors (Lipinski definition) is 1. The lowest BCUT2D eigenvalue weighted by Gasteiger charge is -2.37. The summed E-state index contributed by atoms with van der Waals surface area (Å²) in [7, 11) is 0. The van der Waals surface area contributed by atoms with E-state index in [9.17, 15) is 14.7 Å². The normalized spacial score (nSPS) is 23.5. The van der Waals surface area contributed by atoms with Gasteiger partial charge in [0.1, 0.15) is 6.54 Å². The first-order chi connectivity index (χ1) is 14.1. The molecule has 0 saturated carbocycles. The molecule has 1 aromatic heterocycles. The van der Waals surface area contributed by atoms with Crippen LogP contribution in [0.4, 0.5) is 0 Å². The van der Waals surface area contributed by atoms with E-state index in [1.165, 1.54) is 4.68 Å². The van der Waals surface area contributed by atoms with Crippen molar-refractivity contribution in [2.24, 2.45) is 0 Å². The third kappa shape index (κ3) is 3.13. The Kier molecular flexibility index (Phi) is 4.43. The highest BCUT2D eigenvalue weighted by atomic mass is 16.3. The van der Waals surface area contributed by atoms with E-state index in [1.54, 1.807) is 6.07 Å². The smallest absolute Gasteiger partial charge is 0.275 e. The largest absolute Gasteiger partial charge is 0.393 e. The molecule has 2 aliphatic heterocycles. The van der Waals surface area contributed by atoms with Crippen LogP contribution in [0, 0.1) is 0 Å². The van der Waals surface area contributed by atoms with Crippen LogP contribution in [0.3, 0.4) is 0 Å². The Morgan fingerprint density at radius 2 is 1.59 bits per heavy atom. The fraction of sp³-hybridized carbons (Fsp3) is 0.348. The molecule has 2 aromatic carbocycles. The lowest BCUT2D eigenvalue weighted by molar-refractivity contribution is -0.138. The van der Waals surface area contributed by atoms with Crippen molar-refractivity contribution in [3.8, 4) is 11.3 Å². The zero-order valence-electron chi connectivity index (χ0n) is 16.1. The highest BCUT2D eigenvalue weighted by Gasteiger charge is 2.42. The van der Waals surface area contributed by atoms with Crippen LogP contribution < -0.4 is 5.56 Å².